The summed E-state index contributed by atoms with van der Waals surface area (Å²) < 4.78 is 10.5. The van der Waals surface area contributed by atoms with Crippen LogP contribution in [0.2, 0.25) is 0 Å². The fourth-order valence-electron chi connectivity index (χ4n) is 4.21. The van der Waals surface area contributed by atoms with Crippen molar-refractivity contribution in [1.29, 1.82) is 0 Å². The molecule has 0 amide bonds. The Kier molecular flexibility index (Phi) is 11.3. The van der Waals surface area contributed by atoms with Gasteiger partial charge in [-0.05, 0) is 37.8 Å². The van der Waals surface area contributed by atoms with Crippen molar-refractivity contribution in [1.82, 2.24) is 15.5 Å². The highest BCUT2D eigenvalue weighted by Gasteiger charge is 2.26. The Morgan fingerprint density at radius 2 is 2.00 bits per heavy atom. The van der Waals surface area contributed by atoms with Crippen LogP contribution in [0.25, 0.3) is 0 Å². The Hall–Kier alpha value is -0.800. The third kappa shape index (κ3) is 7.91. The van der Waals surface area contributed by atoms with Crippen LogP contribution in [-0.4, -0.2) is 62.8 Å². The fraction of sp³-hybridized carbons (Fsp3) is 0.762. The molecule has 160 valence electrons. The van der Waals surface area contributed by atoms with Gasteiger partial charge in [0, 0.05) is 45.2 Å². The summed E-state index contributed by atoms with van der Waals surface area (Å²) in [6.07, 6.45) is 12.0. The lowest BCUT2D eigenvalue weighted by molar-refractivity contribution is 0.119. The van der Waals surface area contributed by atoms with E-state index in [1.54, 1.807) is 13.4 Å². The average molecular weight is 504 g/mol. The second-order valence-electron chi connectivity index (χ2n) is 7.73. The minimum absolute atomic E-state index is 0. The zero-order valence-corrected chi connectivity index (χ0v) is 19.5. The van der Waals surface area contributed by atoms with Crippen LogP contribution in [0.3, 0.4) is 0 Å². The highest BCUT2D eigenvalue weighted by molar-refractivity contribution is 14.0. The number of methoxy groups -OCH3 is 1. The summed E-state index contributed by atoms with van der Waals surface area (Å²) >= 11 is 0. The molecular weight excluding hydrogens is 467 g/mol. The van der Waals surface area contributed by atoms with Crippen molar-refractivity contribution < 1.29 is 9.15 Å². The molecule has 1 saturated heterocycles. The van der Waals surface area contributed by atoms with Crippen LogP contribution < -0.4 is 10.6 Å². The van der Waals surface area contributed by atoms with Crippen molar-refractivity contribution in [3.05, 3.63) is 24.2 Å². The molecule has 0 unspecified atom stereocenters. The largest absolute Gasteiger partial charge is 0.469 e. The number of furan rings is 1. The van der Waals surface area contributed by atoms with Gasteiger partial charge < -0.3 is 24.7 Å². The maximum Gasteiger partial charge on any atom is 0.191 e. The predicted octanol–water partition coefficient (Wildman–Crippen LogP) is 3.42. The van der Waals surface area contributed by atoms with Gasteiger partial charge in [-0.2, -0.15) is 0 Å². The van der Waals surface area contributed by atoms with Crippen molar-refractivity contribution >= 4 is 29.9 Å². The minimum Gasteiger partial charge on any atom is -0.469 e. The molecule has 0 atom stereocenters. The van der Waals surface area contributed by atoms with Crippen LogP contribution in [0.1, 0.15) is 50.7 Å². The highest BCUT2D eigenvalue weighted by atomic mass is 127. The van der Waals surface area contributed by atoms with Crippen LogP contribution in [0.5, 0.6) is 0 Å². The molecule has 0 spiro atoms. The molecule has 2 heterocycles. The van der Waals surface area contributed by atoms with Gasteiger partial charge in [-0.3, -0.25) is 4.99 Å². The number of nitrogens with one attached hydrogen (secondary N) is 2. The molecule has 2 N–H and O–H groups in total. The first kappa shape index (κ1) is 23.5. The highest BCUT2D eigenvalue weighted by Crippen LogP contribution is 2.25. The maximum absolute atomic E-state index is 5.41. The molecule has 1 aliphatic heterocycles. The standard InChI is InChI=1S/C21H36N4O2.HI/c1-26-17-13-23-21(22-12-9-20-8-5-16-27-20)24-18-10-14-25(15-11-18)19-6-3-2-4-7-19;/h5,8,16,18-19H,2-4,6-7,9-15,17H2,1H3,(H2,22,23,24);1H. The monoisotopic (exact) mass is 504 g/mol. The van der Waals surface area contributed by atoms with Crippen LogP contribution in [0.15, 0.2) is 27.8 Å². The van der Waals surface area contributed by atoms with Crippen LogP contribution in [0, 0.1) is 0 Å². The molecule has 7 heteroatoms. The zero-order valence-electron chi connectivity index (χ0n) is 17.2. The van der Waals surface area contributed by atoms with Gasteiger partial charge in [0.15, 0.2) is 5.96 Å². The van der Waals surface area contributed by atoms with Crippen molar-refractivity contribution in [3.63, 3.8) is 0 Å². The molecule has 2 aliphatic rings. The fourth-order valence-corrected chi connectivity index (χ4v) is 4.21. The summed E-state index contributed by atoms with van der Waals surface area (Å²) in [5.41, 5.74) is 0. The first-order valence-electron chi connectivity index (χ1n) is 10.7. The molecule has 1 aliphatic carbocycles. The van der Waals surface area contributed by atoms with E-state index in [4.69, 9.17) is 9.15 Å². The van der Waals surface area contributed by atoms with Gasteiger partial charge in [0.05, 0.1) is 19.4 Å². The quantitative estimate of drug-likeness (QED) is 0.246. The van der Waals surface area contributed by atoms with Crippen molar-refractivity contribution in [2.75, 3.05) is 39.9 Å². The molecule has 0 aromatic carbocycles. The first-order chi connectivity index (χ1) is 13.3. The summed E-state index contributed by atoms with van der Waals surface area (Å²) in [7, 11) is 1.72. The van der Waals surface area contributed by atoms with E-state index in [-0.39, 0.29) is 24.0 Å². The number of hydrogen-bond donors (Lipinski definition) is 2. The Labute approximate surface area is 186 Å². The van der Waals surface area contributed by atoms with E-state index in [2.05, 4.69) is 20.5 Å². The molecule has 2 fully saturated rings. The molecule has 1 saturated carbocycles. The number of rotatable bonds is 8. The number of guanidine groups is 1. The van der Waals surface area contributed by atoms with E-state index >= 15 is 0 Å². The number of piperidine rings is 1. The van der Waals surface area contributed by atoms with Crippen LogP contribution >= 0.6 is 24.0 Å². The summed E-state index contributed by atoms with van der Waals surface area (Å²) in [5.74, 6) is 1.90. The predicted molar refractivity (Wildman–Crippen MR) is 125 cm³/mol. The third-order valence-corrected chi connectivity index (χ3v) is 5.77. The second-order valence-corrected chi connectivity index (χ2v) is 7.73. The lowest BCUT2D eigenvalue weighted by Crippen LogP contribution is -2.51. The lowest BCUT2D eigenvalue weighted by Gasteiger charge is -2.39. The number of aliphatic imine (C=N–C) groups is 1. The van der Waals surface area contributed by atoms with Crippen LogP contribution in [0.4, 0.5) is 0 Å². The van der Waals surface area contributed by atoms with E-state index in [9.17, 15) is 0 Å². The topological polar surface area (TPSA) is 62.0 Å². The van der Waals surface area contributed by atoms with Gasteiger partial charge in [0.2, 0.25) is 0 Å². The SMILES string of the molecule is COCCN=C(NCCc1ccco1)NC1CCN(C2CCCCC2)CC1.I. The smallest absolute Gasteiger partial charge is 0.191 e. The molecule has 1 aromatic rings. The van der Waals surface area contributed by atoms with E-state index in [0.717, 1.165) is 30.7 Å². The lowest BCUT2D eigenvalue weighted by atomic mass is 9.92. The summed E-state index contributed by atoms with van der Waals surface area (Å²) in [6, 6.07) is 5.28. The van der Waals surface area contributed by atoms with E-state index in [0.29, 0.717) is 19.2 Å². The van der Waals surface area contributed by atoms with Crippen molar-refractivity contribution in [2.24, 2.45) is 4.99 Å². The normalized spacial score (nSPS) is 20.0. The second kappa shape index (κ2) is 13.4. The number of hydrogen-bond acceptors (Lipinski definition) is 4. The van der Waals surface area contributed by atoms with Gasteiger partial charge >= 0.3 is 0 Å². The Bertz CT molecular complexity index is 539. The van der Waals surface area contributed by atoms with E-state index < -0.39 is 0 Å². The Morgan fingerprint density at radius 3 is 2.68 bits per heavy atom. The van der Waals surface area contributed by atoms with E-state index in [1.807, 2.05) is 12.1 Å². The Balaban J connectivity index is 0.00000280. The summed E-state index contributed by atoms with van der Waals surface area (Å²) in [6.45, 7) is 4.55. The number of likely N-dealkylation sites (tertiary alicyclic amines) is 1. The van der Waals surface area contributed by atoms with E-state index in [1.165, 1.54) is 58.0 Å². The minimum atomic E-state index is 0. The van der Waals surface area contributed by atoms with Gasteiger partial charge in [0.1, 0.15) is 5.76 Å². The molecule has 0 bridgehead atoms. The number of ether oxygens (including phenoxy) is 1. The van der Waals surface area contributed by atoms with Crippen molar-refractivity contribution in [2.45, 2.75) is 63.5 Å². The van der Waals surface area contributed by atoms with Gasteiger partial charge in [-0.25, -0.2) is 0 Å². The molecule has 1 aromatic heterocycles. The first-order valence-corrected chi connectivity index (χ1v) is 10.7. The molecule has 28 heavy (non-hydrogen) atoms. The average Bonchev–Trinajstić information content (AvgIpc) is 3.23. The number of nitrogens with zero attached hydrogens (tertiary/aromatic N) is 2. The van der Waals surface area contributed by atoms with Gasteiger partial charge in [-0.1, -0.05) is 19.3 Å². The zero-order chi connectivity index (χ0) is 18.7. The third-order valence-electron chi connectivity index (χ3n) is 5.77. The Morgan fingerprint density at radius 1 is 1.21 bits per heavy atom. The molecular formula is C21H37IN4O2. The van der Waals surface area contributed by atoms with Gasteiger partial charge in [0.25, 0.3) is 0 Å². The number of halogens is 1. The van der Waals surface area contributed by atoms with Crippen LogP contribution in [-0.2, 0) is 11.2 Å². The van der Waals surface area contributed by atoms with Gasteiger partial charge in [-0.15, -0.1) is 24.0 Å². The summed E-state index contributed by atoms with van der Waals surface area (Å²) in [5, 5.41) is 7.09. The molecule has 6 nitrogen and oxygen atoms in total. The summed E-state index contributed by atoms with van der Waals surface area (Å²) in [4.78, 5) is 7.39. The molecule has 3 rings (SSSR count). The maximum atomic E-state index is 5.41. The van der Waals surface area contributed by atoms with Crippen molar-refractivity contribution in [3.8, 4) is 0 Å². The molecule has 0 radical (unpaired) electrons.